The molecule has 0 unspecified atom stereocenters. The van der Waals surface area contributed by atoms with Crippen LogP contribution in [0.2, 0.25) is 0 Å². The first-order valence-electron chi connectivity index (χ1n) is 9.60. The summed E-state index contributed by atoms with van der Waals surface area (Å²) in [5.74, 6) is -1.58. The molecular weight excluding hydrogens is 432 g/mol. The standard InChI is InChI=1S/C23H22N2O6S/c1-23(2,3)31-21(28)11-7-17-14-18-12-13-25(22(18)24-15-17)32(29,30)19-8-4-16(5-9-19)6-10-20(26)27/h4-15H,1-3H3,(H,26,27)/b10-6?,11-7+. The molecule has 8 nitrogen and oxygen atoms in total. The Hall–Kier alpha value is -3.72. The van der Waals surface area contributed by atoms with E-state index in [1.165, 1.54) is 48.8 Å². The Balaban J connectivity index is 1.86. The number of esters is 1. The molecule has 0 saturated heterocycles. The number of hydrogen-bond acceptors (Lipinski definition) is 6. The molecule has 0 atom stereocenters. The van der Waals surface area contributed by atoms with Gasteiger partial charge in [0.05, 0.1) is 4.90 Å². The van der Waals surface area contributed by atoms with E-state index >= 15 is 0 Å². The minimum absolute atomic E-state index is 0.0400. The second-order valence-electron chi connectivity index (χ2n) is 7.91. The van der Waals surface area contributed by atoms with Crippen molar-refractivity contribution in [1.82, 2.24) is 8.96 Å². The van der Waals surface area contributed by atoms with E-state index in [4.69, 9.17) is 9.84 Å². The van der Waals surface area contributed by atoms with Crippen LogP contribution in [0.5, 0.6) is 0 Å². The van der Waals surface area contributed by atoms with Gasteiger partial charge in [0.2, 0.25) is 0 Å². The van der Waals surface area contributed by atoms with Crippen LogP contribution >= 0.6 is 0 Å². The molecule has 0 aliphatic rings. The fourth-order valence-electron chi connectivity index (χ4n) is 2.83. The van der Waals surface area contributed by atoms with Gasteiger partial charge in [-0.3, -0.25) is 0 Å². The summed E-state index contributed by atoms with van der Waals surface area (Å²) in [4.78, 5) is 26.7. The maximum Gasteiger partial charge on any atom is 0.331 e. The Morgan fingerprint density at radius 2 is 1.69 bits per heavy atom. The molecule has 1 N–H and O–H groups in total. The van der Waals surface area contributed by atoms with E-state index in [1.807, 2.05) is 0 Å². The van der Waals surface area contributed by atoms with Gasteiger partial charge in [-0.05, 0) is 68.3 Å². The molecule has 9 heteroatoms. The van der Waals surface area contributed by atoms with Crippen molar-refractivity contribution in [2.75, 3.05) is 0 Å². The lowest BCUT2D eigenvalue weighted by molar-refractivity contribution is -0.148. The molecule has 32 heavy (non-hydrogen) atoms. The lowest BCUT2D eigenvalue weighted by Gasteiger charge is -2.17. The average molecular weight is 455 g/mol. The topological polar surface area (TPSA) is 116 Å². The fraction of sp³-hybridized carbons (Fsp3) is 0.174. The first-order chi connectivity index (χ1) is 15.0. The van der Waals surface area contributed by atoms with Crippen molar-refractivity contribution in [1.29, 1.82) is 0 Å². The summed E-state index contributed by atoms with van der Waals surface area (Å²) >= 11 is 0. The number of aromatic nitrogens is 2. The molecular formula is C23H22N2O6S. The summed E-state index contributed by atoms with van der Waals surface area (Å²) in [5.41, 5.74) is 0.825. The molecule has 0 fully saturated rings. The van der Waals surface area contributed by atoms with Crippen LogP contribution in [-0.4, -0.2) is 40.0 Å². The van der Waals surface area contributed by atoms with E-state index in [0.29, 0.717) is 16.5 Å². The smallest absolute Gasteiger partial charge is 0.331 e. The van der Waals surface area contributed by atoms with Crippen molar-refractivity contribution in [2.45, 2.75) is 31.3 Å². The number of carbonyl (C=O) groups excluding carboxylic acids is 1. The van der Waals surface area contributed by atoms with Crippen molar-refractivity contribution in [2.24, 2.45) is 0 Å². The maximum atomic E-state index is 13.1. The van der Waals surface area contributed by atoms with Crippen LogP contribution in [0, 0.1) is 0 Å². The van der Waals surface area contributed by atoms with E-state index in [-0.39, 0.29) is 10.5 Å². The van der Waals surface area contributed by atoms with E-state index in [1.54, 1.807) is 39.0 Å². The highest BCUT2D eigenvalue weighted by atomic mass is 32.2. The summed E-state index contributed by atoms with van der Waals surface area (Å²) in [6.07, 6.45) is 8.07. The maximum absolute atomic E-state index is 13.1. The summed E-state index contributed by atoms with van der Waals surface area (Å²) < 4.78 is 32.4. The third-order valence-corrected chi connectivity index (χ3v) is 5.87. The summed E-state index contributed by atoms with van der Waals surface area (Å²) in [6, 6.07) is 9.18. The molecule has 2 heterocycles. The van der Waals surface area contributed by atoms with Crippen LogP contribution in [0.1, 0.15) is 31.9 Å². The Morgan fingerprint density at radius 1 is 1.03 bits per heavy atom. The van der Waals surface area contributed by atoms with E-state index in [0.717, 1.165) is 10.0 Å². The van der Waals surface area contributed by atoms with Gasteiger partial charge in [0.15, 0.2) is 5.65 Å². The lowest BCUT2D eigenvalue weighted by Crippen LogP contribution is -2.22. The third-order valence-electron chi connectivity index (χ3n) is 4.19. The molecule has 2 aromatic heterocycles. The first-order valence-corrected chi connectivity index (χ1v) is 11.0. The Labute approximate surface area is 185 Å². The normalized spacial score (nSPS) is 12.6. The van der Waals surface area contributed by atoms with Gasteiger partial charge in [0.25, 0.3) is 10.0 Å². The SMILES string of the molecule is CC(C)(C)OC(=O)/C=C/c1cnc2c(ccn2S(=O)(=O)c2ccc(C=CC(=O)O)cc2)c1. The highest BCUT2D eigenvalue weighted by molar-refractivity contribution is 7.90. The monoisotopic (exact) mass is 454 g/mol. The van der Waals surface area contributed by atoms with Crippen LogP contribution < -0.4 is 0 Å². The summed E-state index contributed by atoms with van der Waals surface area (Å²) in [5, 5.41) is 9.27. The van der Waals surface area contributed by atoms with Crippen molar-refractivity contribution in [3.63, 3.8) is 0 Å². The molecule has 0 bridgehead atoms. The van der Waals surface area contributed by atoms with Crippen LogP contribution in [0.15, 0.2) is 65.8 Å². The van der Waals surface area contributed by atoms with Gasteiger partial charge in [0, 0.05) is 29.9 Å². The van der Waals surface area contributed by atoms with Crippen molar-refractivity contribution >= 4 is 45.1 Å². The Bertz CT molecular complexity index is 1330. The number of rotatable bonds is 6. The predicted molar refractivity (Wildman–Crippen MR) is 120 cm³/mol. The number of pyridine rings is 1. The van der Waals surface area contributed by atoms with Gasteiger partial charge in [-0.2, -0.15) is 0 Å². The fourth-order valence-corrected chi connectivity index (χ4v) is 4.14. The zero-order valence-electron chi connectivity index (χ0n) is 17.7. The number of carbonyl (C=O) groups is 2. The van der Waals surface area contributed by atoms with Crippen molar-refractivity contribution < 1.29 is 27.9 Å². The lowest BCUT2D eigenvalue weighted by atomic mass is 10.2. The van der Waals surface area contributed by atoms with Crippen LogP contribution in [0.3, 0.4) is 0 Å². The van der Waals surface area contributed by atoms with E-state index in [9.17, 15) is 18.0 Å². The zero-order chi connectivity index (χ0) is 23.5. The minimum atomic E-state index is -3.91. The second kappa shape index (κ2) is 8.80. The van der Waals surface area contributed by atoms with Crippen LogP contribution in [-0.2, 0) is 24.3 Å². The van der Waals surface area contributed by atoms with Gasteiger partial charge in [-0.15, -0.1) is 0 Å². The number of carboxylic acid groups (broad SMARTS) is 1. The summed E-state index contributed by atoms with van der Waals surface area (Å²) in [6.45, 7) is 5.32. The van der Waals surface area contributed by atoms with Crippen molar-refractivity contribution in [3.8, 4) is 0 Å². The quantitative estimate of drug-likeness (QED) is 0.446. The largest absolute Gasteiger partial charge is 0.478 e. The van der Waals surface area contributed by atoms with Gasteiger partial charge in [-0.1, -0.05) is 12.1 Å². The molecule has 0 amide bonds. The number of ether oxygens (including phenoxy) is 1. The van der Waals surface area contributed by atoms with Gasteiger partial charge >= 0.3 is 11.9 Å². The molecule has 0 saturated carbocycles. The predicted octanol–water partition coefficient (Wildman–Crippen LogP) is 3.73. The molecule has 3 rings (SSSR count). The number of fused-ring (bicyclic) bond motifs is 1. The molecule has 166 valence electrons. The highest BCUT2D eigenvalue weighted by Crippen LogP contribution is 2.22. The number of aliphatic carboxylic acids is 1. The van der Waals surface area contributed by atoms with Crippen molar-refractivity contribution in [3.05, 3.63) is 72.1 Å². The number of hydrogen-bond donors (Lipinski definition) is 1. The van der Waals surface area contributed by atoms with Gasteiger partial charge < -0.3 is 9.84 Å². The average Bonchev–Trinajstić information content (AvgIpc) is 3.14. The van der Waals surface area contributed by atoms with Gasteiger partial charge in [0.1, 0.15) is 5.60 Å². The minimum Gasteiger partial charge on any atom is -0.478 e. The molecule has 0 radical (unpaired) electrons. The zero-order valence-corrected chi connectivity index (χ0v) is 18.5. The van der Waals surface area contributed by atoms with Crippen LogP contribution in [0.25, 0.3) is 23.2 Å². The first kappa shape index (κ1) is 23.0. The number of benzene rings is 1. The molecule has 0 spiro atoms. The number of carboxylic acids is 1. The Morgan fingerprint density at radius 3 is 2.31 bits per heavy atom. The molecule has 0 aliphatic heterocycles. The highest BCUT2D eigenvalue weighted by Gasteiger charge is 2.20. The van der Waals surface area contributed by atoms with Gasteiger partial charge in [-0.25, -0.2) is 27.0 Å². The molecule has 1 aromatic carbocycles. The summed E-state index contributed by atoms with van der Waals surface area (Å²) in [7, 11) is -3.91. The Kier molecular flexibility index (Phi) is 6.31. The van der Waals surface area contributed by atoms with E-state index in [2.05, 4.69) is 4.98 Å². The van der Waals surface area contributed by atoms with E-state index < -0.39 is 27.6 Å². The third kappa shape index (κ3) is 5.50. The second-order valence-corrected chi connectivity index (χ2v) is 9.72. The molecule has 3 aromatic rings. The van der Waals surface area contributed by atoms with Crippen LogP contribution in [0.4, 0.5) is 0 Å². The molecule has 0 aliphatic carbocycles. The number of nitrogens with zero attached hydrogens (tertiary/aromatic N) is 2.